The zero-order valence-electron chi connectivity index (χ0n) is 17.3. The van der Waals surface area contributed by atoms with Crippen LogP contribution in [0.15, 0.2) is 60.8 Å². The van der Waals surface area contributed by atoms with Crippen LogP contribution >= 0.6 is 0 Å². The standard InChI is InChI=1S/C24H24N4O2/c1-16-7-9-18(10-8-16)15-28-23-22(14-26-28)21(11-17(2)27-23)24(29)25-13-19-5-4-6-20(12-19)30-3/h4-12,14H,13,15H2,1-3H3,(H,25,29). The van der Waals surface area contributed by atoms with E-state index < -0.39 is 0 Å². The number of nitrogens with zero attached hydrogens (tertiary/aromatic N) is 3. The van der Waals surface area contributed by atoms with Crippen molar-refractivity contribution in [1.29, 1.82) is 0 Å². The molecule has 2 heterocycles. The number of hydrogen-bond donors (Lipinski definition) is 1. The first-order valence-corrected chi connectivity index (χ1v) is 9.83. The summed E-state index contributed by atoms with van der Waals surface area (Å²) in [5, 5.41) is 8.23. The van der Waals surface area contributed by atoms with E-state index >= 15 is 0 Å². The van der Waals surface area contributed by atoms with Crippen LogP contribution in [0.4, 0.5) is 0 Å². The maximum Gasteiger partial charge on any atom is 0.252 e. The first kappa shape index (κ1) is 19.6. The molecule has 0 spiro atoms. The molecule has 0 aliphatic heterocycles. The molecule has 2 aromatic heterocycles. The molecule has 1 N–H and O–H groups in total. The number of pyridine rings is 1. The van der Waals surface area contributed by atoms with E-state index in [-0.39, 0.29) is 5.91 Å². The molecule has 1 amide bonds. The topological polar surface area (TPSA) is 69.0 Å². The number of rotatable bonds is 6. The molecule has 0 radical (unpaired) electrons. The van der Waals surface area contributed by atoms with Gasteiger partial charge in [0, 0.05) is 12.2 Å². The van der Waals surface area contributed by atoms with Gasteiger partial charge in [0.25, 0.3) is 5.91 Å². The molecule has 4 aromatic rings. The Balaban J connectivity index is 1.58. The highest BCUT2D eigenvalue weighted by Gasteiger charge is 2.16. The van der Waals surface area contributed by atoms with Crippen LogP contribution < -0.4 is 10.1 Å². The fourth-order valence-electron chi connectivity index (χ4n) is 3.40. The van der Waals surface area contributed by atoms with Gasteiger partial charge in [0.2, 0.25) is 0 Å². The molecule has 0 aliphatic rings. The minimum absolute atomic E-state index is 0.150. The van der Waals surface area contributed by atoms with Crippen LogP contribution in [0.3, 0.4) is 0 Å². The number of hydrogen-bond acceptors (Lipinski definition) is 4. The minimum Gasteiger partial charge on any atom is -0.497 e. The Morgan fingerprint density at radius 1 is 1.07 bits per heavy atom. The molecule has 30 heavy (non-hydrogen) atoms. The van der Waals surface area contributed by atoms with Gasteiger partial charge in [-0.05, 0) is 43.2 Å². The van der Waals surface area contributed by atoms with Crippen molar-refractivity contribution in [3.8, 4) is 5.75 Å². The van der Waals surface area contributed by atoms with Crippen LogP contribution in [-0.4, -0.2) is 27.8 Å². The Morgan fingerprint density at radius 2 is 1.87 bits per heavy atom. The maximum absolute atomic E-state index is 12.9. The lowest BCUT2D eigenvalue weighted by atomic mass is 10.1. The zero-order valence-corrected chi connectivity index (χ0v) is 17.3. The number of fused-ring (bicyclic) bond motifs is 1. The van der Waals surface area contributed by atoms with E-state index in [9.17, 15) is 4.79 Å². The zero-order chi connectivity index (χ0) is 21.1. The first-order valence-electron chi connectivity index (χ1n) is 9.83. The summed E-state index contributed by atoms with van der Waals surface area (Å²) in [5.41, 5.74) is 5.39. The Bertz CT molecular complexity index is 1200. The van der Waals surface area contributed by atoms with Crippen LogP contribution in [0.1, 0.15) is 32.7 Å². The van der Waals surface area contributed by atoms with Crippen molar-refractivity contribution in [1.82, 2.24) is 20.1 Å². The summed E-state index contributed by atoms with van der Waals surface area (Å²) in [6.07, 6.45) is 1.72. The van der Waals surface area contributed by atoms with Gasteiger partial charge in [0.15, 0.2) is 5.65 Å². The molecule has 6 heteroatoms. The van der Waals surface area contributed by atoms with E-state index in [2.05, 4.69) is 46.6 Å². The van der Waals surface area contributed by atoms with Gasteiger partial charge in [0.05, 0.1) is 30.8 Å². The quantitative estimate of drug-likeness (QED) is 0.530. The van der Waals surface area contributed by atoms with Gasteiger partial charge < -0.3 is 10.1 Å². The third-order valence-corrected chi connectivity index (χ3v) is 5.02. The van der Waals surface area contributed by atoms with Crippen LogP contribution in [0.25, 0.3) is 11.0 Å². The number of aryl methyl sites for hydroxylation is 2. The van der Waals surface area contributed by atoms with Gasteiger partial charge in [-0.3, -0.25) is 4.79 Å². The molecule has 0 fully saturated rings. The van der Waals surface area contributed by atoms with Crippen molar-refractivity contribution < 1.29 is 9.53 Å². The average molecular weight is 400 g/mol. The van der Waals surface area contributed by atoms with E-state index in [0.717, 1.165) is 28.0 Å². The van der Waals surface area contributed by atoms with E-state index in [0.29, 0.717) is 24.3 Å². The van der Waals surface area contributed by atoms with Crippen LogP contribution in [-0.2, 0) is 13.1 Å². The van der Waals surface area contributed by atoms with Gasteiger partial charge in [-0.1, -0.05) is 42.0 Å². The number of amides is 1. The van der Waals surface area contributed by atoms with Crippen molar-refractivity contribution in [2.24, 2.45) is 0 Å². The molecular weight excluding hydrogens is 376 g/mol. The van der Waals surface area contributed by atoms with Gasteiger partial charge >= 0.3 is 0 Å². The summed E-state index contributed by atoms with van der Waals surface area (Å²) >= 11 is 0. The van der Waals surface area contributed by atoms with E-state index in [1.807, 2.05) is 35.9 Å². The van der Waals surface area contributed by atoms with Crippen molar-refractivity contribution in [2.75, 3.05) is 7.11 Å². The van der Waals surface area contributed by atoms with E-state index in [1.54, 1.807) is 19.4 Å². The Morgan fingerprint density at radius 3 is 2.63 bits per heavy atom. The maximum atomic E-state index is 12.9. The fourth-order valence-corrected chi connectivity index (χ4v) is 3.40. The van der Waals surface area contributed by atoms with Crippen molar-refractivity contribution in [2.45, 2.75) is 26.9 Å². The van der Waals surface area contributed by atoms with Crippen molar-refractivity contribution >= 4 is 16.9 Å². The smallest absolute Gasteiger partial charge is 0.252 e. The molecule has 152 valence electrons. The second kappa shape index (κ2) is 8.37. The predicted molar refractivity (Wildman–Crippen MR) is 117 cm³/mol. The van der Waals surface area contributed by atoms with E-state index in [4.69, 9.17) is 4.74 Å². The van der Waals surface area contributed by atoms with Gasteiger partial charge in [-0.2, -0.15) is 5.10 Å². The lowest BCUT2D eigenvalue weighted by Crippen LogP contribution is -2.23. The summed E-state index contributed by atoms with van der Waals surface area (Å²) in [6.45, 7) is 4.97. The first-order chi connectivity index (χ1) is 14.5. The molecule has 0 atom stereocenters. The highest BCUT2D eigenvalue weighted by Crippen LogP contribution is 2.20. The second-order valence-corrected chi connectivity index (χ2v) is 7.37. The monoisotopic (exact) mass is 400 g/mol. The molecule has 6 nitrogen and oxygen atoms in total. The number of benzene rings is 2. The Kier molecular flexibility index (Phi) is 5.48. The number of carbonyl (C=O) groups excluding carboxylic acids is 1. The summed E-state index contributed by atoms with van der Waals surface area (Å²) in [5.74, 6) is 0.615. The Hall–Kier alpha value is -3.67. The van der Waals surface area contributed by atoms with Gasteiger partial charge in [-0.15, -0.1) is 0 Å². The van der Waals surface area contributed by atoms with Crippen molar-refractivity contribution in [3.05, 3.63) is 88.7 Å². The number of carbonyl (C=O) groups is 1. The molecule has 4 rings (SSSR count). The highest BCUT2D eigenvalue weighted by atomic mass is 16.5. The Labute approximate surface area is 175 Å². The van der Waals surface area contributed by atoms with Crippen molar-refractivity contribution in [3.63, 3.8) is 0 Å². The molecular formula is C24H24N4O2. The number of nitrogens with one attached hydrogen (secondary N) is 1. The third kappa shape index (κ3) is 4.17. The number of methoxy groups -OCH3 is 1. The summed E-state index contributed by atoms with van der Waals surface area (Å²) < 4.78 is 7.08. The highest BCUT2D eigenvalue weighted by molar-refractivity contribution is 6.05. The molecule has 0 bridgehead atoms. The molecule has 2 aromatic carbocycles. The van der Waals surface area contributed by atoms with E-state index in [1.165, 1.54) is 5.56 Å². The lowest BCUT2D eigenvalue weighted by Gasteiger charge is -2.09. The molecule has 0 aliphatic carbocycles. The molecule has 0 saturated carbocycles. The average Bonchev–Trinajstić information content (AvgIpc) is 3.15. The third-order valence-electron chi connectivity index (χ3n) is 5.02. The fraction of sp³-hybridized carbons (Fsp3) is 0.208. The lowest BCUT2D eigenvalue weighted by molar-refractivity contribution is 0.0952. The van der Waals surface area contributed by atoms with Crippen LogP contribution in [0.5, 0.6) is 5.75 Å². The molecule has 0 unspecified atom stereocenters. The number of ether oxygens (including phenoxy) is 1. The summed E-state index contributed by atoms with van der Waals surface area (Å²) in [4.78, 5) is 17.6. The summed E-state index contributed by atoms with van der Waals surface area (Å²) in [7, 11) is 1.63. The van der Waals surface area contributed by atoms with Gasteiger partial charge in [0.1, 0.15) is 5.75 Å². The SMILES string of the molecule is COc1cccc(CNC(=O)c2cc(C)nc3c2cnn3Cc2ccc(C)cc2)c1. The second-order valence-electron chi connectivity index (χ2n) is 7.37. The van der Waals surface area contributed by atoms with Crippen LogP contribution in [0.2, 0.25) is 0 Å². The largest absolute Gasteiger partial charge is 0.497 e. The predicted octanol–water partition coefficient (Wildman–Crippen LogP) is 4.04. The summed E-state index contributed by atoms with van der Waals surface area (Å²) in [6, 6.07) is 17.8. The number of aromatic nitrogens is 3. The normalized spacial score (nSPS) is 10.9. The minimum atomic E-state index is -0.150. The van der Waals surface area contributed by atoms with Crippen LogP contribution in [0, 0.1) is 13.8 Å². The van der Waals surface area contributed by atoms with Gasteiger partial charge in [-0.25, -0.2) is 9.67 Å². The molecule has 0 saturated heterocycles.